The van der Waals surface area contributed by atoms with Gasteiger partial charge in [-0.3, -0.25) is 0 Å². The largest absolute Gasteiger partial charge is 0.496 e. The molecule has 1 aromatic carbocycles. The van der Waals surface area contributed by atoms with E-state index >= 15 is 0 Å². The maximum atomic E-state index is 12.8. The Hall–Kier alpha value is -2.51. The molecule has 8 heteroatoms. The molecule has 25 heavy (non-hydrogen) atoms. The average molecular weight is 354 g/mol. The van der Waals surface area contributed by atoms with E-state index in [4.69, 9.17) is 9.84 Å². The number of carboxylic acid groups (broad SMARTS) is 1. The minimum absolute atomic E-state index is 0.0146. The molecule has 1 aliphatic heterocycles. The van der Waals surface area contributed by atoms with Crippen LogP contribution in [-0.4, -0.2) is 42.4 Å². The predicted octanol–water partition coefficient (Wildman–Crippen LogP) is 3.72. The highest BCUT2D eigenvalue weighted by molar-refractivity contribution is 5.95. The molecule has 0 radical (unpaired) electrons. The Bertz CT molecular complexity index is 800. The van der Waals surface area contributed by atoms with Gasteiger partial charge in [0.2, 0.25) is 0 Å². The number of benzene rings is 1. The number of hydrogen-bond acceptors (Lipinski definition) is 4. The average Bonchev–Trinajstić information content (AvgIpc) is 2.59. The quantitative estimate of drug-likeness (QED) is 0.910. The first-order valence-electron chi connectivity index (χ1n) is 7.83. The first-order valence-corrected chi connectivity index (χ1v) is 7.83. The SMILES string of the molecule is COc1cc(N2CCC(C(F)(F)F)CC2)nc2cc(C(=O)O)ccc12. The molecule has 0 spiro atoms. The Labute approximate surface area is 142 Å². The molecular formula is C17H17F3N2O3. The van der Waals surface area contributed by atoms with E-state index in [0.717, 1.165) is 0 Å². The molecule has 1 aromatic heterocycles. The molecule has 2 heterocycles. The van der Waals surface area contributed by atoms with E-state index in [0.29, 0.717) is 22.5 Å². The van der Waals surface area contributed by atoms with Crippen LogP contribution in [0.3, 0.4) is 0 Å². The normalized spacial score (nSPS) is 16.2. The molecule has 0 bridgehead atoms. The summed E-state index contributed by atoms with van der Waals surface area (Å²) in [6, 6.07) is 6.19. The van der Waals surface area contributed by atoms with Gasteiger partial charge in [-0.15, -0.1) is 0 Å². The van der Waals surface area contributed by atoms with Crippen molar-refractivity contribution in [2.24, 2.45) is 5.92 Å². The second-order valence-corrected chi connectivity index (χ2v) is 6.02. The number of halogens is 3. The van der Waals surface area contributed by atoms with Gasteiger partial charge in [0.25, 0.3) is 0 Å². The highest BCUT2D eigenvalue weighted by Crippen LogP contribution is 2.36. The molecular weight excluding hydrogens is 337 g/mol. The van der Waals surface area contributed by atoms with Crippen LogP contribution in [0.2, 0.25) is 0 Å². The fraction of sp³-hybridized carbons (Fsp3) is 0.412. The van der Waals surface area contributed by atoms with Crippen LogP contribution in [0, 0.1) is 5.92 Å². The monoisotopic (exact) mass is 354 g/mol. The first-order chi connectivity index (χ1) is 11.8. The van der Waals surface area contributed by atoms with Gasteiger partial charge in [-0.2, -0.15) is 13.2 Å². The van der Waals surface area contributed by atoms with Gasteiger partial charge in [0.05, 0.1) is 24.1 Å². The number of anilines is 1. The lowest BCUT2D eigenvalue weighted by Gasteiger charge is -2.33. The smallest absolute Gasteiger partial charge is 0.391 e. The second-order valence-electron chi connectivity index (χ2n) is 6.02. The second kappa shape index (κ2) is 6.42. The molecule has 1 saturated heterocycles. The van der Waals surface area contributed by atoms with Crippen LogP contribution in [0.25, 0.3) is 10.9 Å². The van der Waals surface area contributed by atoms with Crippen molar-refractivity contribution in [3.05, 3.63) is 29.8 Å². The summed E-state index contributed by atoms with van der Waals surface area (Å²) in [6.07, 6.45) is -4.14. The zero-order valence-electron chi connectivity index (χ0n) is 13.5. The van der Waals surface area contributed by atoms with Gasteiger partial charge in [-0.05, 0) is 31.0 Å². The number of aromatic carboxylic acids is 1. The van der Waals surface area contributed by atoms with Gasteiger partial charge in [0, 0.05) is 24.5 Å². The number of carboxylic acids is 1. The molecule has 2 aromatic rings. The lowest BCUT2D eigenvalue weighted by molar-refractivity contribution is -0.179. The number of alkyl halides is 3. The number of methoxy groups -OCH3 is 1. The van der Waals surface area contributed by atoms with Crippen LogP contribution >= 0.6 is 0 Å². The number of pyridine rings is 1. The zero-order valence-corrected chi connectivity index (χ0v) is 13.5. The highest BCUT2D eigenvalue weighted by atomic mass is 19.4. The van der Waals surface area contributed by atoms with Crippen LogP contribution in [0.4, 0.5) is 19.0 Å². The first kappa shape index (κ1) is 17.3. The number of nitrogens with zero attached hydrogens (tertiary/aromatic N) is 2. The fourth-order valence-electron chi connectivity index (χ4n) is 3.08. The molecule has 3 rings (SSSR count). The van der Waals surface area contributed by atoms with Crippen molar-refractivity contribution in [2.45, 2.75) is 19.0 Å². The third-order valence-electron chi connectivity index (χ3n) is 4.51. The summed E-state index contributed by atoms with van der Waals surface area (Å²) in [5.41, 5.74) is 0.530. The lowest BCUT2D eigenvalue weighted by Crippen LogP contribution is -2.39. The number of rotatable bonds is 3. The summed E-state index contributed by atoms with van der Waals surface area (Å²) in [4.78, 5) is 17.4. The maximum Gasteiger partial charge on any atom is 0.391 e. The Morgan fingerprint density at radius 1 is 1.28 bits per heavy atom. The number of fused-ring (bicyclic) bond motifs is 1. The summed E-state index contributed by atoms with van der Waals surface area (Å²) in [5, 5.41) is 9.77. The molecule has 5 nitrogen and oxygen atoms in total. The third kappa shape index (κ3) is 3.47. The van der Waals surface area contributed by atoms with E-state index in [1.54, 1.807) is 17.0 Å². The molecule has 1 aliphatic rings. The van der Waals surface area contributed by atoms with Gasteiger partial charge in [0.1, 0.15) is 11.6 Å². The Kier molecular flexibility index (Phi) is 4.45. The van der Waals surface area contributed by atoms with Gasteiger partial charge in [0.15, 0.2) is 0 Å². The van der Waals surface area contributed by atoms with Crippen molar-refractivity contribution in [2.75, 3.05) is 25.1 Å². The minimum atomic E-state index is -4.17. The van der Waals surface area contributed by atoms with Crippen LogP contribution in [0.15, 0.2) is 24.3 Å². The van der Waals surface area contributed by atoms with Gasteiger partial charge < -0.3 is 14.7 Å². The number of piperidine rings is 1. The molecule has 0 unspecified atom stereocenters. The van der Waals surface area contributed by atoms with Crippen molar-refractivity contribution < 1.29 is 27.8 Å². The molecule has 134 valence electrons. The standard InChI is InChI=1S/C17H17F3N2O3/c1-25-14-9-15(22-6-4-11(5-7-22)17(18,19)20)21-13-8-10(16(23)24)2-3-12(13)14/h2-3,8-9,11H,4-7H2,1H3,(H,23,24). The summed E-state index contributed by atoms with van der Waals surface area (Å²) >= 11 is 0. The maximum absolute atomic E-state index is 12.8. The summed E-state index contributed by atoms with van der Waals surface area (Å²) in [6.45, 7) is 0.481. The van der Waals surface area contributed by atoms with Crippen molar-refractivity contribution in [1.82, 2.24) is 4.98 Å². The Morgan fingerprint density at radius 2 is 1.96 bits per heavy atom. The van der Waals surface area contributed by atoms with Gasteiger partial charge >= 0.3 is 12.1 Å². The summed E-state index contributed by atoms with van der Waals surface area (Å²) in [5.74, 6) is -1.36. The van der Waals surface area contributed by atoms with Crippen molar-refractivity contribution in [1.29, 1.82) is 0 Å². The van der Waals surface area contributed by atoms with Crippen LogP contribution < -0.4 is 9.64 Å². The fourth-order valence-corrected chi connectivity index (χ4v) is 3.08. The van der Waals surface area contributed by atoms with E-state index in [1.807, 2.05) is 0 Å². The van der Waals surface area contributed by atoms with E-state index in [2.05, 4.69) is 4.98 Å². The minimum Gasteiger partial charge on any atom is -0.496 e. The number of hydrogen-bond donors (Lipinski definition) is 1. The highest BCUT2D eigenvalue weighted by Gasteiger charge is 2.41. The number of carbonyl (C=O) groups is 1. The summed E-state index contributed by atoms with van der Waals surface area (Å²) in [7, 11) is 1.49. The van der Waals surface area contributed by atoms with Crippen molar-refractivity contribution in [3.63, 3.8) is 0 Å². The Morgan fingerprint density at radius 3 is 2.52 bits per heavy atom. The van der Waals surface area contributed by atoms with E-state index in [-0.39, 0.29) is 31.5 Å². The van der Waals surface area contributed by atoms with E-state index in [1.165, 1.54) is 19.2 Å². The molecule has 0 amide bonds. The third-order valence-corrected chi connectivity index (χ3v) is 4.51. The van der Waals surface area contributed by atoms with E-state index in [9.17, 15) is 18.0 Å². The van der Waals surface area contributed by atoms with Crippen LogP contribution in [-0.2, 0) is 0 Å². The van der Waals surface area contributed by atoms with E-state index < -0.39 is 18.1 Å². The van der Waals surface area contributed by atoms with Gasteiger partial charge in [-0.25, -0.2) is 9.78 Å². The Balaban J connectivity index is 1.93. The van der Waals surface area contributed by atoms with Crippen LogP contribution in [0.5, 0.6) is 5.75 Å². The molecule has 0 atom stereocenters. The van der Waals surface area contributed by atoms with Crippen molar-refractivity contribution >= 4 is 22.7 Å². The molecule has 0 aliphatic carbocycles. The van der Waals surface area contributed by atoms with Gasteiger partial charge in [-0.1, -0.05) is 0 Å². The molecule has 0 saturated carbocycles. The lowest BCUT2D eigenvalue weighted by atomic mass is 9.96. The van der Waals surface area contributed by atoms with Crippen molar-refractivity contribution in [3.8, 4) is 5.75 Å². The molecule has 1 N–H and O–H groups in total. The number of ether oxygens (including phenoxy) is 1. The number of aromatic nitrogens is 1. The topological polar surface area (TPSA) is 62.7 Å². The summed E-state index contributed by atoms with van der Waals surface area (Å²) < 4.78 is 43.8. The molecule has 1 fully saturated rings. The van der Waals surface area contributed by atoms with Crippen LogP contribution in [0.1, 0.15) is 23.2 Å². The predicted molar refractivity (Wildman–Crippen MR) is 86.2 cm³/mol. The zero-order chi connectivity index (χ0) is 18.2.